The third-order valence-electron chi connectivity index (χ3n) is 3.32. The van der Waals surface area contributed by atoms with Crippen molar-refractivity contribution in [1.29, 1.82) is 0 Å². The van der Waals surface area contributed by atoms with Gasteiger partial charge in [0.05, 0.1) is 6.61 Å². The number of hydrogen-bond donors (Lipinski definition) is 0. The summed E-state index contributed by atoms with van der Waals surface area (Å²) >= 11 is 0. The fraction of sp³-hybridized carbons (Fsp3) is 0.722. The Morgan fingerprint density at radius 1 is 0.900 bits per heavy atom. The maximum atomic E-state index is 10.8. The van der Waals surface area contributed by atoms with Crippen molar-refractivity contribution in [2.75, 3.05) is 6.61 Å². The number of carbonyl (C=O) groups is 1. The van der Waals surface area contributed by atoms with E-state index in [0.717, 1.165) is 19.3 Å². The molecule has 20 heavy (non-hydrogen) atoms. The summed E-state index contributed by atoms with van der Waals surface area (Å²) in [5.74, 6) is -0.316. The second-order valence-electron chi connectivity index (χ2n) is 5.25. The lowest BCUT2D eigenvalue weighted by Gasteiger charge is -2.00. The van der Waals surface area contributed by atoms with Gasteiger partial charge in [0.2, 0.25) is 0 Å². The molecule has 0 fully saturated rings. The maximum Gasteiger partial charge on any atom is 0.330 e. The molecule has 116 valence electrons. The summed E-state index contributed by atoms with van der Waals surface area (Å²) in [4.78, 5) is 10.8. The van der Waals surface area contributed by atoms with Crippen molar-refractivity contribution in [3.8, 4) is 0 Å². The van der Waals surface area contributed by atoms with Gasteiger partial charge in [-0.1, -0.05) is 57.8 Å². The molecule has 0 unspecified atom stereocenters. The maximum absolute atomic E-state index is 10.8. The Bertz CT molecular complexity index is 256. The van der Waals surface area contributed by atoms with Crippen LogP contribution in [0.3, 0.4) is 0 Å². The van der Waals surface area contributed by atoms with Crippen molar-refractivity contribution in [2.45, 2.75) is 77.6 Å². The molecule has 2 heteroatoms. The lowest BCUT2D eigenvalue weighted by Crippen LogP contribution is -2.01. The predicted octanol–water partition coefficient (Wildman–Crippen LogP) is 5.58. The van der Waals surface area contributed by atoms with Gasteiger partial charge < -0.3 is 4.74 Å². The van der Waals surface area contributed by atoms with Gasteiger partial charge in [-0.2, -0.15) is 0 Å². The molecule has 0 aromatic carbocycles. The second-order valence-corrected chi connectivity index (χ2v) is 5.25. The van der Waals surface area contributed by atoms with Crippen LogP contribution in [0.4, 0.5) is 0 Å². The molecule has 0 aliphatic heterocycles. The van der Waals surface area contributed by atoms with Gasteiger partial charge in [0.25, 0.3) is 0 Å². The number of unbranched alkanes of at least 4 members (excludes halogenated alkanes) is 9. The molecule has 0 atom stereocenters. The monoisotopic (exact) mass is 280 g/mol. The first kappa shape index (κ1) is 18.9. The van der Waals surface area contributed by atoms with Gasteiger partial charge in [-0.05, 0) is 38.5 Å². The number of allylic oxidation sites excluding steroid dienone is 2. The molecular formula is C18H32O2. The SMILES string of the molecule is C=CC(=O)OCCCCC/C=C/CCCCCCCC. The largest absolute Gasteiger partial charge is 0.463 e. The van der Waals surface area contributed by atoms with E-state index in [9.17, 15) is 4.79 Å². The first-order valence-corrected chi connectivity index (χ1v) is 8.25. The van der Waals surface area contributed by atoms with Crippen LogP contribution in [0.25, 0.3) is 0 Å². The molecule has 0 aromatic heterocycles. The van der Waals surface area contributed by atoms with Crippen LogP contribution in [0, 0.1) is 0 Å². The zero-order valence-corrected chi connectivity index (χ0v) is 13.2. The van der Waals surface area contributed by atoms with Gasteiger partial charge in [-0.3, -0.25) is 0 Å². The van der Waals surface area contributed by atoms with Gasteiger partial charge in [0.15, 0.2) is 0 Å². The van der Waals surface area contributed by atoms with E-state index in [4.69, 9.17) is 4.74 Å². The number of ether oxygens (including phenoxy) is 1. The molecule has 0 bridgehead atoms. The van der Waals surface area contributed by atoms with Crippen LogP contribution in [-0.4, -0.2) is 12.6 Å². The highest BCUT2D eigenvalue weighted by molar-refractivity contribution is 5.81. The van der Waals surface area contributed by atoms with E-state index in [0.29, 0.717) is 6.61 Å². The fourth-order valence-corrected chi connectivity index (χ4v) is 2.05. The Hall–Kier alpha value is -1.05. The molecule has 2 nitrogen and oxygen atoms in total. The Morgan fingerprint density at radius 3 is 2.05 bits per heavy atom. The van der Waals surface area contributed by atoms with Crippen molar-refractivity contribution in [2.24, 2.45) is 0 Å². The molecular weight excluding hydrogens is 248 g/mol. The standard InChI is InChI=1S/C18H32O2/c1-3-5-6-7-8-9-10-11-12-13-14-15-16-17-20-18(19)4-2/h4,11-12H,2-3,5-10,13-17H2,1H3/b12-11+. The van der Waals surface area contributed by atoms with Gasteiger partial charge in [-0.25, -0.2) is 4.79 Å². The quantitative estimate of drug-likeness (QED) is 0.180. The molecule has 0 heterocycles. The first-order valence-electron chi connectivity index (χ1n) is 8.25. The van der Waals surface area contributed by atoms with E-state index in [1.807, 2.05) is 0 Å². The summed E-state index contributed by atoms with van der Waals surface area (Å²) in [6.45, 7) is 6.14. The smallest absolute Gasteiger partial charge is 0.330 e. The molecule has 0 saturated carbocycles. The molecule has 0 aromatic rings. The number of rotatable bonds is 14. The summed E-state index contributed by atoms with van der Waals surface area (Å²) in [5, 5.41) is 0. The molecule has 0 N–H and O–H groups in total. The Kier molecular flexibility index (Phi) is 15.2. The van der Waals surface area contributed by atoms with Crippen molar-refractivity contribution >= 4 is 5.97 Å². The van der Waals surface area contributed by atoms with E-state index in [1.165, 1.54) is 57.4 Å². The Balaban J connectivity index is 3.12. The van der Waals surface area contributed by atoms with Crippen LogP contribution in [0.5, 0.6) is 0 Å². The highest BCUT2D eigenvalue weighted by Crippen LogP contribution is 2.08. The van der Waals surface area contributed by atoms with Gasteiger partial charge >= 0.3 is 5.97 Å². The van der Waals surface area contributed by atoms with Crippen LogP contribution >= 0.6 is 0 Å². The predicted molar refractivity (Wildman–Crippen MR) is 86.8 cm³/mol. The van der Waals surface area contributed by atoms with E-state index in [1.54, 1.807) is 0 Å². The van der Waals surface area contributed by atoms with Crippen molar-refractivity contribution in [1.82, 2.24) is 0 Å². The van der Waals surface area contributed by atoms with Crippen LogP contribution < -0.4 is 0 Å². The molecule has 0 spiro atoms. The fourth-order valence-electron chi connectivity index (χ4n) is 2.05. The average Bonchev–Trinajstić information content (AvgIpc) is 2.47. The molecule has 0 amide bonds. The van der Waals surface area contributed by atoms with Crippen LogP contribution in [-0.2, 0) is 9.53 Å². The lowest BCUT2D eigenvalue weighted by molar-refractivity contribution is -0.137. The Labute approximate surface area is 125 Å². The van der Waals surface area contributed by atoms with Gasteiger partial charge in [0, 0.05) is 6.08 Å². The highest BCUT2D eigenvalue weighted by atomic mass is 16.5. The van der Waals surface area contributed by atoms with Crippen LogP contribution in [0.1, 0.15) is 77.6 Å². The third-order valence-corrected chi connectivity index (χ3v) is 3.32. The van der Waals surface area contributed by atoms with E-state index < -0.39 is 0 Å². The number of hydrogen-bond acceptors (Lipinski definition) is 2. The normalized spacial score (nSPS) is 10.8. The summed E-state index contributed by atoms with van der Waals surface area (Å²) in [6.07, 6.45) is 19.6. The summed E-state index contributed by atoms with van der Waals surface area (Å²) in [6, 6.07) is 0. The minimum absolute atomic E-state index is 0.316. The highest BCUT2D eigenvalue weighted by Gasteiger charge is 1.94. The van der Waals surface area contributed by atoms with Crippen molar-refractivity contribution < 1.29 is 9.53 Å². The van der Waals surface area contributed by atoms with Crippen LogP contribution in [0.15, 0.2) is 24.8 Å². The van der Waals surface area contributed by atoms with E-state index >= 15 is 0 Å². The van der Waals surface area contributed by atoms with Crippen molar-refractivity contribution in [3.63, 3.8) is 0 Å². The number of esters is 1. The second kappa shape index (κ2) is 16.0. The zero-order valence-electron chi connectivity index (χ0n) is 13.2. The van der Waals surface area contributed by atoms with E-state index in [-0.39, 0.29) is 5.97 Å². The van der Waals surface area contributed by atoms with Crippen molar-refractivity contribution in [3.05, 3.63) is 24.8 Å². The third kappa shape index (κ3) is 15.0. The lowest BCUT2D eigenvalue weighted by atomic mass is 10.1. The van der Waals surface area contributed by atoms with Gasteiger partial charge in [0.1, 0.15) is 0 Å². The summed E-state index contributed by atoms with van der Waals surface area (Å²) in [5.41, 5.74) is 0. The van der Waals surface area contributed by atoms with Crippen LogP contribution in [0.2, 0.25) is 0 Å². The molecule has 0 radical (unpaired) electrons. The zero-order chi connectivity index (χ0) is 14.9. The summed E-state index contributed by atoms with van der Waals surface area (Å²) in [7, 11) is 0. The summed E-state index contributed by atoms with van der Waals surface area (Å²) < 4.78 is 4.92. The topological polar surface area (TPSA) is 26.3 Å². The molecule has 0 saturated heterocycles. The Morgan fingerprint density at radius 2 is 1.45 bits per heavy atom. The minimum Gasteiger partial charge on any atom is -0.463 e. The number of carbonyl (C=O) groups excluding carboxylic acids is 1. The minimum atomic E-state index is -0.316. The molecule has 0 aliphatic carbocycles. The average molecular weight is 280 g/mol. The van der Waals surface area contributed by atoms with Gasteiger partial charge in [-0.15, -0.1) is 0 Å². The molecule has 0 rings (SSSR count). The van der Waals surface area contributed by atoms with E-state index in [2.05, 4.69) is 25.7 Å². The molecule has 0 aliphatic rings. The first-order chi connectivity index (χ1) is 9.81.